The van der Waals surface area contributed by atoms with Crippen LogP contribution in [0.4, 0.5) is 0 Å². The Morgan fingerprint density at radius 2 is 2.26 bits per heavy atom. The van der Waals surface area contributed by atoms with Gasteiger partial charge in [-0.15, -0.1) is 32.9 Å². The maximum atomic E-state index is 12.1. The second-order valence-corrected chi connectivity index (χ2v) is 6.84. The van der Waals surface area contributed by atoms with Crippen LogP contribution in [-0.4, -0.2) is 32.2 Å². The molecule has 4 heterocycles. The molecule has 23 heavy (non-hydrogen) atoms. The van der Waals surface area contributed by atoms with Crippen molar-refractivity contribution in [3.8, 4) is 10.7 Å². The second kappa shape index (κ2) is 5.39. The van der Waals surface area contributed by atoms with Crippen molar-refractivity contribution >= 4 is 44.5 Å². The van der Waals surface area contributed by atoms with Gasteiger partial charge in [0.2, 0.25) is 0 Å². The summed E-state index contributed by atoms with van der Waals surface area (Å²) >= 11 is 2.93. The van der Waals surface area contributed by atoms with Crippen LogP contribution < -0.4 is 0 Å². The molecule has 0 aliphatic rings. The lowest BCUT2D eigenvalue weighted by Gasteiger charge is -1.99. The third kappa shape index (κ3) is 2.13. The largest absolute Gasteiger partial charge is 0.462 e. The average Bonchev–Trinajstić information content (AvgIpc) is 3.24. The molecule has 0 atom stereocenters. The van der Waals surface area contributed by atoms with Crippen molar-refractivity contribution in [3.05, 3.63) is 34.3 Å². The van der Waals surface area contributed by atoms with E-state index < -0.39 is 0 Å². The third-order valence-corrected chi connectivity index (χ3v) is 5.59. The zero-order chi connectivity index (χ0) is 16.0. The number of aryl methyl sites for hydroxylation is 1. The van der Waals surface area contributed by atoms with Gasteiger partial charge in [-0.05, 0) is 30.9 Å². The van der Waals surface area contributed by atoms with E-state index in [-0.39, 0.29) is 5.97 Å². The van der Waals surface area contributed by atoms with Gasteiger partial charge in [0, 0.05) is 0 Å². The Labute approximate surface area is 139 Å². The predicted molar refractivity (Wildman–Crippen MR) is 90.2 cm³/mol. The minimum Gasteiger partial charge on any atom is -0.462 e. The van der Waals surface area contributed by atoms with Gasteiger partial charge in [-0.3, -0.25) is 4.40 Å². The molecule has 4 aromatic rings. The summed E-state index contributed by atoms with van der Waals surface area (Å²) in [5, 5.41) is 11.5. The lowest BCUT2D eigenvalue weighted by molar-refractivity contribution is 0.0531. The molecule has 0 saturated carbocycles. The van der Waals surface area contributed by atoms with Gasteiger partial charge >= 0.3 is 5.97 Å². The van der Waals surface area contributed by atoms with Crippen molar-refractivity contribution < 1.29 is 9.53 Å². The SMILES string of the molecule is CCOC(=O)c1sc2ncn3c(-c4cccs4)nnc3c2c1C. The first-order valence-corrected chi connectivity index (χ1v) is 8.74. The molecule has 0 saturated heterocycles. The molecular formula is C15H12N4O2S2. The van der Waals surface area contributed by atoms with Crippen LogP contribution in [0, 0.1) is 6.92 Å². The van der Waals surface area contributed by atoms with Crippen LogP contribution in [-0.2, 0) is 4.74 Å². The highest BCUT2D eigenvalue weighted by Crippen LogP contribution is 2.33. The van der Waals surface area contributed by atoms with Gasteiger partial charge in [-0.1, -0.05) is 6.07 Å². The first kappa shape index (κ1) is 14.3. The van der Waals surface area contributed by atoms with Gasteiger partial charge in [-0.2, -0.15) is 0 Å². The van der Waals surface area contributed by atoms with Crippen molar-refractivity contribution in [1.29, 1.82) is 0 Å². The summed E-state index contributed by atoms with van der Waals surface area (Å²) in [4.78, 5) is 18.9. The van der Waals surface area contributed by atoms with Crippen LogP contribution >= 0.6 is 22.7 Å². The van der Waals surface area contributed by atoms with Crippen LogP contribution in [0.5, 0.6) is 0 Å². The second-order valence-electron chi connectivity index (χ2n) is 4.90. The number of aromatic nitrogens is 4. The Bertz CT molecular complexity index is 1020. The lowest BCUT2D eigenvalue weighted by atomic mass is 10.2. The summed E-state index contributed by atoms with van der Waals surface area (Å²) in [5.41, 5.74) is 1.55. The van der Waals surface area contributed by atoms with E-state index in [9.17, 15) is 4.79 Å². The van der Waals surface area contributed by atoms with E-state index in [4.69, 9.17) is 4.74 Å². The molecule has 116 valence electrons. The highest BCUT2D eigenvalue weighted by atomic mass is 32.1. The summed E-state index contributed by atoms with van der Waals surface area (Å²) in [6.45, 7) is 4.04. The maximum absolute atomic E-state index is 12.1. The molecular weight excluding hydrogens is 332 g/mol. The number of thiophene rings is 2. The van der Waals surface area contributed by atoms with Crippen molar-refractivity contribution in [3.63, 3.8) is 0 Å². The van der Waals surface area contributed by atoms with E-state index in [1.807, 2.05) is 28.8 Å². The van der Waals surface area contributed by atoms with Crippen molar-refractivity contribution in [1.82, 2.24) is 19.6 Å². The van der Waals surface area contributed by atoms with Crippen LogP contribution in [0.3, 0.4) is 0 Å². The van der Waals surface area contributed by atoms with Crippen molar-refractivity contribution in [2.75, 3.05) is 6.61 Å². The number of fused-ring (bicyclic) bond motifs is 3. The van der Waals surface area contributed by atoms with E-state index in [1.165, 1.54) is 11.3 Å². The molecule has 0 radical (unpaired) electrons. The predicted octanol–water partition coefficient (Wildman–Crippen LogP) is 3.55. The third-order valence-electron chi connectivity index (χ3n) is 3.54. The molecule has 0 fully saturated rings. The Morgan fingerprint density at radius 1 is 1.39 bits per heavy atom. The number of nitrogens with zero attached hydrogens (tertiary/aromatic N) is 4. The lowest BCUT2D eigenvalue weighted by Crippen LogP contribution is -2.03. The molecule has 4 aromatic heterocycles. The van der Waals surface area contributed by atoms with Gasteiger partial charge in [0.15, 0.2) is 11.5 Å². The number of carbonyl (C=O) groups excluding carboxylic acids is 1. The Kier molecular flexibility index (Phi) is 3.35. The van der Waals surface area contributed by atoms with Crippen molar-refractivity contribution in [2.45, 2.75) is 13.8 Å². The molecule has 0 unspecified atom stereocenters. The fraction of sp³-hybridized carbons (Fsp3) is 0.200. The summed E-state index contributed by atoms with van der Waals surface area (Å²) in [5.74, 6) is 0.442. The molecule has 0 amide bonds. The van der Waals surface area contributed by atoms with Crippen LogP contribution in [0.15, 0.2) is 23.8 Å². The molecule has 0 spiro atoms. The van der Waals surface area contributed by atoms with E-state index in [1.54, 1.807) is 24.6 Å². The Morgan fingerprint density at radius 3 is 3.00 bits per heavy atom. The summed E-state index contributed by atoms with van der Waals surface area (Å²) in [6.07, 6.45) is 1.71. The molecule has 0 aromatic carbocycles. The first-order valence-electron chi connectivity index (χ1n) is 7.04. The Balaban J connectivity index is 1.97. The molecule has 6 nitrogen and oxygen atoms in total. The number of carbonyl (C=O) groups is 1. The highest BCUT2D eigenvalue weighted by Gasteiger charge is 2.21. The maximum Gasteiger partial charge on any atom is 0.348 e. The average molecular weight is 344 g/mol. The topological polar surface area (TPSA) is 69.4 Å². The van der Waals surface area contributed by atoms with E-state index in [2.05, 4.69) is 15.2 Å². The van der Waals surface area contributed by atoms with E-state index in [0.29, 0.717) is 17.1 Å². The first-order chi connectivity index (χ1) is 11.2. The van der Waals surface area contributed by atoms with Crippen LogP contribution in [0.1, 0.15) is 22.2 Å². The highest BCUT2D eigenvalue weighted by molar-refractivity contribution is 7.20. The van der Waals surface area contributed by atoms with Gasteiger partial charge in [0.05, 0.1) is 16.9 Å². The normalized spacial score (nSPS) is 11.4. The minimum atomic E-state index is -0.316. The summed E-state index contributed by atoms with van der Waals surface area (Å²) < 4.78 is 6.98. The number of hydrogen-bond donors (Lipinski definition) is 0. The fourth-order valence-electron chi connectivity index (χ4n) is 2.50. The molecule has 0 aliphatic heterocycles. The smallest absolute Gasteiger partial charge is 0.348 e. The minimum absolute atomic E-state index is 0.316. The van der Waals surface area contributed by atoms with Crippen LogP contribution in [0.2, 0.25) is 0 Å². The molecule has 0 aliphatic carbocycles. The van der Waals surface area contributed by atoms with Crippen LogP contribution in [0.25, 0.3) is 26.6 Å². The summed E-state index contributed by atoms with van der Waals surface area (Å²) in [6, 6.07) is 3.97. The molecule has 8 heteroatoms. The van der Waals surface area contributed by atoms with Gasteiger partial charge in [0.25, 0.3) is 0 Å². The number of rotatable bonds is 3. The number of ether oxygens (including phenoxy) is 1. The Hall–Kier alpha value is -2.32. The fourth-order valence-corrected chi connectivity index (χ4v) is 4.24. The quantitative estimate of drug-likeness (QED) is 0.532. The van der Waals surface area contributed by atoms with Gasteiger partial charge < -0.3 is 4.74 Å². The molecule has 0 bridgehead atoms. The van der Waals surface area contributed by atoms with E-state index >= 15 is 0 Å². The van der Waals surface area contributed by atoms with E-state index in [0.717, 1.165) is 26.5 Å². The van der Waals surface area contributed by atoms with Crippen molar-refractivity contribution in [2.24, 2.45) is 0 Å². The number of hydrogen-bond acceptors (Lipinski definition) is 7. The zero-order valence-electron chi connectivity index (χ0n) is 12.4. The number of esters is 1. The van der Waals surface area contributed by atoms with Gasteiger partial charge in [0.1, 0.15) is 16.0 Å². The monoisotopic (exact) mass is 344 g/mol. The molecule has 0 N–H and O–H groups in total. The standard InChI is InChI=1S/C15H12N4O2S2/c1-3-21-15(20)11-8(2)10-13-18-17-12(9-5-4-6-22-9)19(13)7-16-14(10)23-11/h4-7H,3H2,1-2H3. The summed E-state index contributed by atoms with van der Waals surface area (Å²) in [7, 11) is 0. The zero-order valence-corrected chi connectivity index (χ0v) is 14.1. The van der Waals surface area contributed by atoms with Gasteiger partial charge in [-0.25, -0.2) is 9.78 Å². The molecule has 4 rings (SSSR count).